The minimum absolute atomic E-state index is 0.101. The van der Waals surface area contributed by atoms with Gasteiger partial charge in [-0.15, -0.1) is 0 Å². The van der Waals surface area contributed by atoms with Crippen LogP contribution in [0.1, 0.15) is 56.8 Å². The maximum atomic E-state index is 12.4. The predicted molar refractivity (Wildman–Crippen MR) is 83.5 cm³/mol. The Morgan fingerprint density at radius 2 is 1.95 bits per heavy atom. The average molecular weight is 277 g/mol. The van der Waals surface area contributed by atoms with Gasteiger partial charge in [0.05, 0.1) is 18.2 Å². The van der Waals surface area contributed by atoms with Crippen LogP contribution < -0.4 is 10.1 Å². The Morgan fingerprint density at radius 1 is 1.20 bits per heavy atom. The average Bonchev–Trinajstić information content (AvgIpc) is 2.47. The molecule has 1 atom stereocenters. The summed E-state index contributed by atoms with van der Waals surface area (Å²) in [6, 6.07) is 7.29. The SMILES string of the molecule is CCCCCCNC(C)C(=O)c1ccccc1OCC. The van der Waals surface area contributed by atoms with Crippen LogP contribution in [0.25, 0.3) is 0 Å². The number of hydrogen-bond donors (Lipinski definition) is 1. The lowest BCUT2D eigenvalue weighted by molar-refractivity contribution is 0.0947. The summed E-state index contributed by atoms with van der Waals surface area (Å²) in [6.45, 7) is 7.51. The van der Waals surface area contributed by atoms with E-state index in [1.807, 2.05) is 38.1 Å². The predicted octanol–water partition coefficient (Wildman–Crippen LogP) is 3.83. The number of nitrogens with one attached hydrogen (secondary N) is 1. The number of benzene rings is 1. The van der Waals surface area contributed by atoms with Crippen LogP contribution in [0, 0.1) is 0 Å². The number of Topliss-reactive ketones (excluding diaryl/α,β-unsaturated/α-hetero) is 1. The van der Waals surface area contributed by atoms with Crippen LogP contribution in [0.5, 0.6) is 5.75 Å². The van der Waals surface area contributed by atoms with Crippen molar-refractivity contribution in [3.63, 3.8) is 0 Å². The molecule has 1 rings (SSSR count). The molecule has 1 unspecified atom stereocenters. The van der Waals surface area contributed by atoms with Gasteiger partial charge in [-0.3, -0.25) is 4.79 Å². The number of ketones is 1. The van der Waals surface area contributed by atoms with Crippen molar-refractivity contribution in [1.29, 1.82) is 0 Å². The Hall–Kier alpha value is -1.35. The normalized spacial score (nSPS) is 12.2. The molecular formula is C17H27NO2. The van der Waals surface area contributed by atoms with Gasteiger partial charge in [-0.2, -0.15) is 0 Å². The minimum Gasteiger partial charge on any atom is -0.493 e. The molecule has 1 aromatic carbocycles. The molecule has 1 aromatic rings. The van der Waals surface area contributed by atoms with Gasteiger partial charge in [0.2, 0.25) is 0 Å². The molecular weight excluding hydrogens is 250 g/mol. The zero-order valence-electron chi connectivity index (χ0n) is 12.9. The van der Waals surface area contributed by atoms with Gasteiger partial charge in [-0.25, -0.2) is 0 Å². The number of rotatable bonds is 10. The summed E-state index contributed by atoms with van der Waals surface area (Å²) in [5.74, 6) is 0.782. The fourth-order valence-corrected chi connectivity index (χ4v) is 2.15. The van der Waals surface area contributed by atoms with Crippen LogP contribution in [-0.4, -0.2) is 25.0 Å². The van der Waals surface area contributed by atoms with E-state index < -0.39 is 0 Å². The van der Waals surface area contributed by atoms with E-state index in [1.54, 1.807) is 0 Å². The molecule has 3 nitrogen and oxygen atoms in total. The Labute approximate surface area is 122 Å². The van der Waals surface area contributed by atoms with E-state index >= 15 is 0 Å². The second kappa shape index (κ2) is 9.54. The zero-order chi connectivity index (χ0) is 14.8. The number of para-hydroxylation sites is 1. The van der Waals surface area contributed by atoms with E-state index in [0.717, 1.165) is 13.0 Å². The summed E-state index contributed by atoms with van der Waals surface area (Å²) < 4.78 is 5.52. The molecule has 0 radical (unpaired) electrons. The topological polar surface area (TPSA) is 38.3 Å². The Balaban J connectivity index is 2.51. The third kappa shape index (κ3) is 5.33. The highest BCUT2D eigenvalue weighted by Gasteiger charge is 2.18. The smallest absolute Gasteiger partial charge is 0.183 e. The second-order valence-electron chi connectivity index (χ2n) is 5.03. The molecule has 0 spiro atoms. The van der Waals surface area contributed by atoms with Crippen molar-refractivity contribution in [2.24, 2.45) is 0 Å². The van der Waals surface area contributed by atoms with Crippen LogP contribution in [0.4, 0.5) is 0 Å². The first-order valence-electron chi connectivity index (χ1n) is 7.70. The van der Waals surface area contributed by atoms with Crippen molar-refractivity contribution in [2.75, 3.05) is 13.2 Å². The summed E-state index contributed by atoms with van der Waals surface area (Å²) in [4.78, 5) is 12.4. The number of carbonyl (C=O) groups excluding carboxylic acids is 1. The van der Waals surface area contributed by atoms with Crippen LogP contribution in [0.2, 0.25) is 0 Å². The minimum atomic E-state index is -0.168. The molecule has 3 heteroatoms. The first kappa shape index (κ1) is 16.7. The zero-order valence-corrected chi connectivity index (χ0v) is 12.9. The van der Waals surface area contributed by atoms with Crippen LogP contribution in [-0.2, 0) is 0 Å². The van der Waals surface area contributed by atoms with Gasteiger partial charge < -0.3 is 10.1 Å². The van der Waals surface area contributed by atoms with Crippen molar-refractivity contribution >= 4 is 5.78 Å². The fourth-order valence-electron chi connectivity index (χ4n) is 2.15. The fraction of sp³-hybridized carbons (Fsp3) is 0.588. The van der Waals surface area contributed by atoms with E-state index in [9.17, 15) is 4.79 Å². The maximum absolute atomic E-state index is 12.4. The van der Waals surface area contributed by atoms with Crippen molar-refractivity contribution in [3.05, 3.63) is 29.8 Å². The van der Waals surface area contributed by atoms with Gasteiger partial charge in [0, 0.05) is 0 Å². The number of carbonyl (C=O) groups is 1. The highest BCUT2D eigenvalue weighted by atomic mass is 16.5. The molecule has 0 aliphatic carbocycles. The maximum Gasteiger partial charge on any atom is 0.183 e. The van der Waals surface area contributed by atoms with Gasteiger partial charge in [0.25, 0.3) is 0 Å². The van der Waals surface area contributed by atoms with Gasteiger partial charge in [-0.1, -0.05) is 38.3 Å². The Morgan fingerprint density at radius 3 is 2.65 bits per heavy atom. The van der Waals surface area contributed by atoms with Gasteiger partial charge >= 0.3 is 0 Å². The van der Waals surface area contributed by atoms with Crippen LogP contribution >= 0.6 is 0 Å². The molecule has 0 saturated heterocycles. The van der Waals surface area contributed by atoms with Gasteiger partial charge in [0.1, 0.15) is 5.75 Å². The second-order valence-corrected chi connectivity index (χ2v) is 5.03. The summed E-state index contributed by atoms with van der Waals surface area (Å²) in [7, 11) is 0. The van der Waals surface area contributed by atoms with Crippen LogP contribution in [0.15, 0.2) is 24.3 Å². The molecule has 0 aliphatic rings. The summed E-state index contributed by atoms with van der Waals surface area (Å²) in [5.41, 5.74) is 0.669. The molecule has 0 amide bonds. The van der Waals surface area contributed by atoms with E-state index in [-0.39, 0.29) is 11.8 Å². The first-order valence-corrected chi connectivity index (χ1v) is 7.70. The van der Waals surface area contributed by atoms with E-state index in [0.29, 0.717) is 17.9 Å². The Kier molecular flexibility index (Phi) is 7.97. The highest BCUT2D eigenvalue weighted by Crippen LogP contribution is 2.19. The van der Waals surface area contributed by atoms with Gasteiger partial charge in [0.15, 0.2) is 5.78 Å². The summed E-state index contributed by atoms with van der Waals surface area (Å²) in [6.07, 6.45) is 4.84. The molecule has 0 bridgehead atoms. The molecule has 0 fully saturated rings. The largest absolute Gasteiger partial charge is 0.493 e. The van der Waals surface area contributed by atoms with Crippen LogP contribution in [0.3, 0.4) is 0 Å². The summed E-state index contributed by atoms with van der Waals surface area (Å²) in [5, 5.41) is 3.30. The molecule has 20 heavy (non-hydrogen) atoms. The molecule has 0 aliphatic heterocycles. The quantitative estimate of drug-likeness (QED) is 0.522. The Bertz CT molecular complexity index is 404. The van der Waals surface area contributed by atoms with E-state index in [2.05, 4.69) is 12.2 Å². The third-order valence-corrected chi connectivity index (χ3v) is 3.33. The lowest BCUT2D eigenvalue weighted by atomic mass is 10.0. The van der Waals surface area contributed by atoms with Gasteiger partial charge in [-0.05, 0) is 38.9 Å². The third-order valence-electron chi connectivity index (χ3n) is 3.33. The molecule has 0 aromatic heterocycles. The number of ether oxygens (including phenoxy) is 1. The summed E-state index contributed by atoms with van der Waals surface area (Å²) >= 11 is 0. The van der Waals surface area contributed by atoms with Crippen molar-refractivity contribution in [2.45, 2.75) is 52.5 Å². The van der Waals surface area contributed by atoms with Crippen molar-refractivity contribution < 1.29 is 9.53 Å². The monoisotopic (exact) mass is 277 g/mol. The lowest BCUT2D eigenvalue weighted by Gasteiger charge is -2.15. The molecule has 1 N–H and O–H groups in total. The lowest BCUT2D eigenvalue weighted by Crippen LogP contribution is -2.34. The van der Waals surface area contributed by atoms with Crippen molar-refractivity contribution in [1.82, 2.24) is 5.32 Å². The highest BCUT2D eigenvalue weighted by molar-refractivity contribution is 6.02. The van der Waals surface area contributed by atoms with Crippen molar-refractivity contribution in [3.8, 4) is 5.75 Å². The van der Waals surface area contributed by atoms with E-state index in [4.69, 9.17) is 4.74 Å². The number of hydrogen-bond acceptors (Lipinski definition) is 3. The number of unbranched alkanes of at least 4 members (excludes halogenated alkanes) is 3. The van der Waals surface area contributed by atoms with E-state index in [1.165, 1.54) is 19.3 Å². The first-order chi connectivity index (χ1) is 9.70. The molecule has 0 heterocycles. The molecule has 112 valence electrons. The standard InChI is InChI=1S/C17H27NO2/c1-4-6-7-10-13-18-14(3)17(19)15-11-8-9-12-16(15)20-5-2/h8-9,11-12,14,18H,4-7,10,13H2,1-3H3. The molecule has 0 saturated carbocycles.